The lowest BCUT2D eigenvalue weighted by Crippen LogP contribution is -2.42. The number of phenols is 1. The van der Waals surface area contributed by atoms with Crippen molar-refractivity contribution in [1.82, 2.24) is 4.90 Å². The Kier molecular flexibility index (Phi) is 5.88. The van der Waals surface area contributed by atoms with Crippen molar-refractivity contribution in [2.75, 3.05) is 26.2 Å². The molecule has 1 aromatic rings. The van der Waals surface area contributed by atoms with Crippen molar-refractivity contribution in [1.29, 1.82) is 0 Å². The van der Waals surface area contributed by atoms with Crippen molar-refractivity contribution in [3.8, 4) is 11.5 Å². The maximum atomic E-state index is 9.27. The van der Waals surface area contributed by atoms with E-state index in [0.717, 1.165) is 18.8 Å². The average molecular weight is 292 g/mol. The van der Waals surface area contributed by atoms with Gasteiger partial charge < -0.3 is 20.5 Å². The highest BCUT2D eigenvalue weighted by molar-refractivity contribution is 5.30. The summed E-state index contributed by atoms with van der Waals surface area (Å²) in [6, 6.07) is 7.52. The number of phenolic OH excluding ortho intramolecular Hbond substituents is 1. The lowest BCUT2D eigenvalue weighted by molar-refractivity contribution is 0.101. The molecule has 0 saturated carbocycles. The molecule has 0 aliphatic carbocycles. The maximum absolute atomic E-state index is 9.27. The zero-order chi connectivity index (χ0) is 15.2. The molecule has 1 aromatic carbocycles. The molecule has 0 bridgehead atoms. The summed E-state index contributed by atoms with van der Waals surface area (Å²) in [6.07, 6.45) is 2.41. The van der Waals surface area contributed by atoms with Gasteiger partial charge in [-0.3, -0.25) is 0 Å². The van der Waals surface area contributed by atoms with Crippen LogP contribution < -0.4 is 10.5 Å². The minimum absolute atomic E-state index is 0.263. The van der Waals surface area contributed by atoms with Gasteiger partial charge in [0.05, 0.1) is 6.61 Å². The fourth-order valence-electron chi connectivity index (χ4n) is 3.05. The third kappa shape index (κ3) is 4.61. The SMILES string of the molecule is CC(C)N1CCC(C(CN)COc2ccc(O)cc2)CC1. The van der Waals surface area contributed by atoms with Crippen molar-refractivity contribution in [2.24, 2.45) is 17.6 Å². The van der Waals surface area contributed by atoms with Gasteiger partial charge in [0.2, 0.25) is 0 Å². The van der Waals surface area contributed by atoms with Crippen LogP contribution in [0.25, 0.3) is 0 Å². The number of nitrogens with zero attached hydrogens (tertiary/aromatic N) is 1. The van der Waals surface area contributed by atoms with E-state index in [0.29, 0.717) is 31.0 Å². The van der Waals surface area contributed by atoms with E-state index in [-0.39, 0.29) is 5.75 Å². The molecular formula is C17H28N2O2. The summed E-state index contributed by atoms with van der Waals surface area (Å²) < 4.78 is 5.84. The first-order valence-electron chi connectivity index (χ1n) is 7.96. The molecule has 0 amide bonds. The molecular weight excluding hydrogens is 264 g/mol. The summed E-state index contributed by atoms with van der Waals surface area (Å²) in [5, 5.41) is 9.27. The quantitative estimate of drug-likeness (QED) is 0.845. The first-order chi connectivity index (χ1) is 10.1. The van der Waals surface area contributed by atoms with Crippen LogP contribution in [-0.2, 0) is 0 Å². The molecule has 1 fully saturated rings. The number of hydrogen-bond donors (Lipinski definition) is 2. The van der Waals surface area contributed by atoms with Gasteiger partial charge in [0.15, 0.2) is 0 Å². The minimum atomic E-state index is 0.263. The van der Waals surface area contributed by atoms with Gasteiger partial charge in [0, 0.05) is 12.0 Å². The minimum Gasteiger partial charge on any atom is -0.508 e. The molecule has 3 N–H and O–H groups in total. The van der Waals surface area contributed by atoms with Crippen LogP contribution in [0.4, 0.5) is 0 Å². The number of rotatable bonds is 6. The molecule has 0 aromatic heterocycles. The summed E-state index contributed by atoms with van der Waals surface area (Å²) >= 11 is 0. The number of likely N-dealkylation sites (tertiary alicyclic amines) is 1. The Labute approximate surface area is 127 Å². The molecule has 1 heterocycles. The normalized spacial score (nSPS) is 18.9. The fraction of sp³-hybridized carbons (Fsp3) is 0.647. The van der Waals surface area contributed by atoms with E-state index in [1.54, 1.807) is 24.3 Å². The highest BCUT2D eigenvalue weighted by Gasteiger charge is 2.27. The van der Waals surface area contributed by atoms with Crippen LogP contribution in [0.3, 0.4) is 0 Å². The summed E-state index contributed by atoms with van der Waals surface area (Å²) in [7, 11) is 0. The van der Waals surface area contributed by atoms with Gasteiger partial charge in [0.25, 0.3) is 0 Å². The van der Waals surface area contributed by atoms with Gasteiger partial charge in [-0.05, 0) is 76.5 Å². The summed E-state index contributed by atoms with van der Waals surface area (Å²) in [6.45, 7) is 8.18. The number of piperidine rings is 1. The third-order valence-electron chi connectivity index (χ3n) is 4.57. The van der Waals surface area contributed by atoms with Crippen LogP contribution >= 0.6 is 0 Å². The highest BCUT2D eigenvalue weighted by Crippen LogP contribution is 2.26. The summed E-state index contributed by atoms with van der Waals surface area (Å²) in [5.74, 6) is 2.12. The molecule has 1 aliphatic rings. The van der Waals surface area contributed by atoms with E-state index in [2.05, 4.69) is 18.7 Å². The van der Waals surface area contributed by atoms with Gasteiger partial charge in [-0.15, -0.1) is 0 Å². The Morgan fingerprint density at radius 1 is 1.24 bits per heavy atom. The van der Waals surface area contributed by atoms with Crippen molar-refractivity contribution < 1.29 is 9.84 Å². The van der Waals surface area contributed by atoms with Gasteiger partial charge >= 0.3 is 0 Å². The number of hydrogen-bond acceptors (Lipinski definition) is 4. The lowest BCUT2D eigenvalue weighted by Gasteiger charge is -2.37. The Hall–Kier alpha value is -1.26. The first-order valence-corrected chi connectivity index (χ1v) is 7.96. The fourth-order valence-corrected chi connectivity index (χ4v) is 3.05. The van der Waals surface area contributed by atoms with E-state index < -0.39 is 0 Å². The Bertz CT molecular complexity index is 411. The number of nitrogens with two attached hydrogens (primary N) is 1. The largest absolute Gasteiger partial charge is 0.508 e. The second-order valence-corrected chi connectivity index (χ2v) is 6.27. The molecule has 2 rings (SSSR count). The predicted molar refractivity (Wildman–Crippen MR) is 85.6 cm³/mol. The number of benzene rings is 1. The lowest BCUT2D eigenvalue weighted by atomic mass is 9.84. The van der Waals surface area contributed by atoms with E-state index in [1.165, 1.54) is 12.8 Å². The Balaban J connectivity index is 1.82. The van der Waals surface area contributed by atoms with Crippen LogP contribution in [0.1, 0.15) is 26.7 Å². The average Bonchev–Trinajstić information content (AvgIpc) is 2.50. The molecule has 4 heteroatoms. The van der Waals surface area contributed by atoms with Crippen molar-refractivity contribution in [3.05, 3.63) is 24.3 Å². The molecule has 1 unspecified atom stereocenters. The first kappa shape index (κ1) is 16.1. The monoisotopic (exact) mass is 292 g/mol. The standard InChI is InChI=1S/C17H28N2O2/c1-13(2)19-9-7-14(8-10-19)15(11-18)12-21-17-5-3-16(20)4-6-17/h3-6,13-15,20H,7-12,18H2,1-2H3. The van der Waals surface area contributed by atoms with Crippen LogP contribution in [-0.4, -0.2) is 42.3 Å². The second-order valence-electron chi connectivity index (χ2n) is 6.27. The second kappa shape index (κ2) is 7.66. The van der Waals surface area contributed by atoms with E-state index in [4.69, 9.17) is 10.5 Å². The predicted octanol–water partition coefficient (Wildman–Crippen LogP) is 2.47. The molecule has 0 radical (unpaired) electrons. The molecule has 1 saturated heterocycles. The van der Waals surface area contributed by atoms with Gasteiger partial charge in [-0.25, -0.2) is 0 Å². The van der Waals surface area contributed by atoms with E-state index >= 15 is 0 Å². The van der Waals surface area contributed by atoms with E-state index in [9.17, 15) is 5.11 Å². The van der Waals surface area contributed by atoms with Crippen LogP contribution in [0.5, 0.6) is 11.5 Å². The summed E-state index contributed by atoms with van der Waals surface area (Å²) in [4.78, 5) is 2.53. The van der Waals surface area contributed by atoms with Crippen molar-refractivity contribution >= 4 is 0 Å². The Morgan fingerprint density at radius 3 is 2.38 bits per heavy atom. The van der Waals surface area contributed by atoms with Crippen molar-refractivity contribution in [2.45, 2.75) is 32.7 Å². The Morgan fingerprint density at radius 2 is 1.86 bits per heavy atom. The van der Waals surface area contributed by atoms with Gasteiger partial charge in [-0.2, -0.15) is 0 Å². The van der Waals surface area contributed by atoms with Crippen LogP contribution in [0.15, 0.2) is 24.3 Å². The molecule has 4 nitrogen and oxygen atoms in total. The smallest absolute Gasteiger partial charge is 0.119 e. The topological polar surface area (TPSA) is 58.7 Å². The third-order valence-corrected chi connectivity index (χ3v) is 4.57. The summed E-state index contributed by atoms with van der Waals surface area (Å²) in [5.41, 5.74) is 5.95. The molecule has 21 heavy (non-hydrogen) atoms. The zero-order valence-electron chi connectivity index (χ0n) is 13.2. The maximum Gasteiger partial charge on any atom is 0.119 e. The zero-order valence-corrected chi connectivity index (χ0v) is 13.2. The van der Waals surface area contributed by atoms with Crippen LogP contribution in [0, 0.1) is 11.8 Å². The van der Waals surface area contributed by atoms with Crippen molar-refractivity contribution in [3.63, 3.8) is 0 Å². The van der Waals surface area contributed by atoms with Crippen LogP contribution in [0.2, 0.25) is 0 Å². The van der Waals surface area contributed by atoms with Gasteiger partial charge in [0.1, 0.15) is 11.5 Å². The van der Waals surface area contributed by atoms with Gasteiger partial charge in [-0.1, -0.05) is 0 Å². The number of ether oxygens (including phenoxy) is 1. The number of aromatic hydroxyl groups is 1. The molecule has 0 spiro atoms. The van der Waals surface area contributed by atoms with E-state index in [1.807, 2.05) is 0 Å². The molecule has 118 valence electrons. The highest BCUT2D eigenvalue weighted by atomic mass is 16.5. The molecule has 1 atom stereocenters. The molecule has 1 aliphatic heterocycles.